The first-order chi connectivity index (χ1) is 11.1. The quantitative estimate of drug-likeness (QED) is 0.942. The van der Waals surface area contributed by atoms with Crippen molar-refractivity contribution in [1.29, 1.82) is 0 Å². The lowest BCUT2D eigenvalue weighted by Gasteiger charge is -2.21. The largest absolute Gasteiger partial charge is 0.357 e. The van der Waals surface area contributed by atoms with Crippen LogP contribution >= 0.6 is 0 Å². The number of benzene rings is 1. The molecule has 0 unspecified atom stereocenters. The van der Waals surface area contributed by atoms with Crippen molar-refractivity contribution < 1.29 is 4.79 Å². The van der Waals surface area contributed by atoms with Gasteiger partial charge < -0.3 is 15.1 Å². The van der Waals surface area contributed by atoms with E-state index in [1.165, 1.54) is 0 Å². The van der Waals surface area contributed by atoms with Crippen LogP contribution in [0.3, 0.4) is 0 Å². The highest BCUT2D eigenvalue weighted by atomic mass is 16.2. The number of hydrogen-bond donors (Lipinski definition) is 1. The number of hydrogen-bond acceptors (Lipinski definition) is 5. The van der Waals surface area contributed by atoms with Crippen LogP contribution in [0, 0.1) is 6.92 Å². The van der Waals surface area contributed by atoms with Crippen LogP contribution in [-0.2, 0) is 0 Å². The number of likely N-dealkylation sites (N-methyl/N-ethyl adjacent to an activating group) is 1. The number of fused-ring (bicyclic) bond motifs is 1. The van der Waals surface area contributed by atoms with Crippen molar-refractivity contribution in [3.8, 4) is 0 Å². The number of rotatable bonds is 3. The molecule has 6 nitrogen and oxygen atoms in total. The zero-order chi connectivity index (χ0) is 16.4. The number of amides is 1. The third kappa shape index (κ3) is 2.97. The predicted octanol–water partition coefficient (Wildman–Crippen LogP) is 2.31. The third-order valence-corrected chi connectivity index (χ3v) is 3.91. The fraction of sp³-hybridized carbons (Fsp3) is 0.353. The molecule has 0 spiro atoms. The van der Waals surface area contributed by atoms with Gasteiger partial charge in [-0.15, -0.1) is 0 Å². The van der Waals surface area contributed by atoms with E-state index in [9.17, 15) is 4.79 Å². The summed E-state index contributed by atoms with van der Waals surface area (Å²) in [6.45, 7) is 6.09. The van der Waals surface area contributed by atoms with Gasteiger partial charge in [-0.05, 0) is 31.5 Å². The molecule has 1 aliphatic rings. The van der Waals surface area contributed by atoms with E-state index in [-0.39, 0.29) is 5.91 Å². The minimum Gasteiger partial charge on any atom is -0.357 e. The third-order valence-electron chi connectivity index (χ3n) is 3.91. The highest BCUT2D eigenvalue weighted by Gasteiger charge is 2.27. The summed E-state index contributed by atoms with van der Waals surface area (Å²) in [5.74, 6) is 1.17. The van der Waals surface area contributed by atoms with Gasteiger partial charge in [0, 0.05) is 38.6 Å². The molecule has 0 saturated heterocycles. The normalized spacial score (nSPS) is 14.5. The molecule has 0 atom stereocenters. The van der Waals surface area contributed by atoms with Crippen LogP contribution in [0.25, 0.3) is 0 Å². The van der Waals surface area contributed by atoms with Crippen LogP contribution in [0.15, 0.2) is 30.5 Å². The summed E-state index contributed by atoms with van der Waals surface area (Å²) in [7, 11) is 1.95. The maximum atomic E-state index is 13.0. The number of aromatic nitrogens is 2. The Labute approximate surface area is 136 Å². The number of carbonyl (C=O) groups is 1. The van der Waals surface area contributed by atoms with Crippen molar-refractivity contribution in [3.63, 3.8) is 0 Å². The molecular weight excluding hydrogens is 290 g/mol. The van der Waals surface area contributed by atoms with Gasteiger partial charge in [0.05, 0.1) is 0 Å². The minimum atomic E-state index is -0.0574. The second-order valence-electron chi connectivity index (χ2n) is 5.68. The van der Waals surface area contributed by atoms with E-state index < -0.39 is 0 Å². The van der Waals surface area contributed by atoms with E-state index in [2.05, 4.69) is 15.3 Å². The van der Waals surface area contributed by atoms with E-state index in [0.29, 0.717) is 23.9 Å². The monoisotopic (exact) mass is 311 g/mol. The second-order valence-corrected chi connectivity index (χ2v) is 5.68. The van der Waals surface area contributed by atoms with Crippen molar-refractivity contribution in [3.05, 3.63) is 41.6 Å². The van der Waals surface area contributed by atoms with Gasteiger partial charge >= 0.3 is 0 Å². The topological polar surface area (TPSA) is 61.4 Å². The Morgan fingerprint density at radius 2 is 2.13 bits per heavy atom. The Morgan fingerprint density at radius 1 is 1.30 bits per heavy atom. The van der Waals surface area contributed by atoms with Crippen molar-refractivity contribution in [2.45, 2.75) is 13.8 Å². The Hall–Kier alpha value is -2.63. The summed E-state index contributed by atoms with van der Waals surface area (Å²) < 4.78 is 0. The van der Waals surface area contributed by atoms with Crippen LogP contribution < -0.4 is 15.1 Å². The number of aryl methyl sites for hydroxylation is 1. The molecule has 0 saturated carbocycles. The molecule has 1 amide bonds. The smallest absolute Gasteiger partial charge is 0.263 e. The molecule has 0 fully saturated rings. The first-order valence-corrected chi connectivity index (χ1v) is 7.80. The predicted molar refractivity (Wildman–Crippen MR) is 92.3 cm³/mol. The summed E-state index contributed by atoms with van der Waals surface area (Å²) in [5.41, 5.74) is 2.58. The Kier molecular flexibility index (Phi) is 4.14. The van der Waals surface area contributed by atoms with Crippen molar-refractivity contribution in [1.82, 2.24) is 9.97 Å². The first kappa shape index (κ1) is 15.3. The average Bonchev–Trinajstić information content (AvgIpc) is 2.66. The first-order valence-electron chi connectivity index (χ1n) is 7.80. The number of anilines is 3. The van der Waals surface area contributed by atoms with E-state index in [1.54, 1.807) is 11.1 Å². The van der Waals surface area contributed by atoms with Crippen molar-refractivity contribution in [2.75, 3.05) is 41.8 Å². The fourth-order valence-corrected chi connectivity index (χ4v) is 2.70. The number of carbonyl (C=O) groups excluding carboxylic acids is 1. The van der Waals surface area contributed by atoms with E-state index in [1.807, 2.05) is 50.1 Å². The summed E-state index contributed by atoms with van der Waals surface area (Å²) in [5, 5.41) is 3.09. The van der Waals surface area contributed by atoms with Crippen LogP contribution in [0.2, 0.25) is 0 Å². The van der Waals surface area contributed by atoms with E-state index in [0.717, 1.165) is 24.3 Å². The van der Waals surface area contributed by atoms with Gasteiger partial charge in [-0.2, -0.15) is 4.98 Å². The molecule has 2 heterocycles. The molecule has 1 aromatic heterocycles. The summed E-state index contributed by atoms with van der Waals surface area (Å²) >= 11 is 0. The van der Waals surface area contributed by atoms with Gasteiger partial charge in [-0.3, -0.25) is 4.79 Å². The van der Waals surface area contributed by atoms with Gasteiger partial charge in [-0.1, -0.05) is 12.1 Å². The fourth-order valence-electron chi connectivity index (χ4n) is 2.70. The van der Waals surface area contributed by atoms with Crippen molar-refractivity contribution in [2.24, 2.45) is 0 Å². The van der Waals surface area contributed by atoms with E-state index >= 15 is 0 Å². The van der Waals surface area contributed by atoms with Gasteiger partial charge in [0.15, 0.2) is 0 Å². The summed E-state index contributed by atoms with van der Waals surface area (Å²) in [4.78, 5) is 25.5. The Balaban J connectivity index is 2.01. The average molecular weight is 311 g/mol. The van der Waals surface area contributed by atoms with Gasteiger partial charge in [0.1, 0.15) is 11.4 Å². The molecule has 1 aromatic carbocycles. The molecule has 0 aliphatic carbocycles. The minimum absolute atomic E-state index is 0.0574. The zero-order valence-corrected chi connectivity index (χ0v) is 13.7. The van der Waals surface area contributed by atoms with Gasteiger partial charge in [0.25, 0.3) is 5.91 Å². The molecule has 0 bridgehead atoms. The lowest BCUT2D eigenvalue weighted by atomic mass is 10.2. The Morgan fingerprint density at radius 3 is 2.87 bits per heavy atom. The molecule has 3 rings (SSSR count). The molecule has 2 aromatic rings. The van der Waals surface area contributed by atoms with Gasteiger partial charge in [-0.25, -0.2) is 4.98 Å². The molecular formula is C17H21N5O. The molecule has 23 heavy (non-hydrogen) atoms. The Bertz CT molecular complexity index is 731. The van der Waals surface area contributed by atoms with E-state index in [4.69, 9.17) is 0 Å². The SMILES string of the molecule is CCNc1ncc2c(n1)N(C)CCN(c1cccc(C)c1)C2=O. The second kappa shape index (κ2) is 6.24. The maximum Gasteiger partial charge on any atom is 0.263 e. The molecule has 1 N–H and O–H groups in total. The molecule has 1 aliphatic heterocycles. The number of nitrogens with zero attached hydrogens (tertiary/aromatic N) is 4. The molecule has 120 valence electrons. The van der Waals surface area contributed by atoms with Crippen molar-refractivity contribution >= 4 is 23.4 Å². The maximum absolute atomic E-state index is 13.0. The van der Waals surface area contributed by atoms with Crippen LogP contribution in [-0.4, -0.2) is 42.6 Å². The summed E-state index contributed by atoms with van der Waals surface area (Å²) in [6.07, 6.45) is 1.62. The molecule has 6 heteroatoms. The number of nitrogens with one attached hydrogen (secondary N) is 1. The standard InChI is InChI=1S/C17H21N5O/c1-4-18-17-19-11-14-15(20-17)21(3)8-9-22(16(14)23)13-7-5-6-12(2)10-13/h5-7,10-11H,4,8-9H2,1-3H3,(H,18,19,20). The summed E-state index contributed by atoms with van der Waals surface area (Å²) in [6, 6.07) is 7.98. The lowest BCUT2D eigenvalue weighted by molar-refractivity contribution is 0.0989. The lowest BCUT2D eigenvalue weighted by Crippen LogP contribution is -2.33. The highest BCUT2D eigenvalue weighted by Crippen LogP contribution is 2.26. The van der Waals surface area contributed by atoms with Crippen LogP contribution in [0.4, 0.5) is 17.5 Å². The molecule has 0 radical (unpaired) electrons. The zero-order valence-electron chi connectivity index (χ0n) is 13.7. The van der Waals surface area contributed by atoms with Crippen LogP contribution in [0.5, 0.6) is 0 Å². The van der Waals surface area contributed by atoms with Crippen LogP contribution in [0.1, 0.15) is 22.8 Å². The van der Waals surface area contributed by atoms with Gasteiger partial charge in [0.2, 0.25) is 5.95 Å². The highest BCUT2D eigenvalue weighted by molar-refractivity contribution is 6.09.